The Bertz CT molecular complexity index is 667. The fraction of sp³-hybridized carbons (Fsp3) is 0.235. The van der Waals surface area contributed by atoms with E-state index in [0.29, 0.717) is 0 Å². The molecule has 1 amide bonds. The average Bonchev–Trinajstić information content (AvgIpc) is 2.53. The maximum absolute atomic E-state index is 12.7. The van der Waals surface area contributed by atoms with Crippen LogP contribution in [0, 0.1) is 3.57 Å². The Morgan fingerprint density at radius 1 is 1.19 bits per heavy atom. The molecule has 0 unspecified atom stereocenters. The van der Waals surface area contributed by atoms with Gasteiger partial charge in [0.1, 0.15) is 5.75 Å². The number of rotatable bonds is 2. The van der Waals surface area contributed by atoms with E-state index >= 15 is 0 Å². The van der Waals surface area contributed by atoms with Crippen LogP contribution in [0.15, 0.2) is 42.5 Å². The highest BCUT2D eigenvalue weighted by molar-refractivity contribution is 14.1. The largest absolute Gasteiger partial charge is 0.497 e. The number of amides is 1. The van der Waals surface area contributed by atoms with E-state index in [0.717, 1.165) is 40.0 Å². The van der Waals surface area contributed by atoms with Crippen LogP contribution in [0.25, 0.3) is 0 Å². The van der Waals surface area contributed by atoms with Crippen molar-refractivity contribution < 1.29 is 9.53 Å². The van der Waals surface area contributed by atoms with E-state index in [1.807, 2.05) is 47.4 Å². The highest BCUT2D eigenvalue weighted by atomic mass is 127. The molecule has 0 fully saturated rings. The van der Waals surface area contributed by atoms with Gasteiger partial charge in [0, 0.05) is 21.4 Å². The molecule has 4 heteroatoms. The molecule has 1 aliphatic heterocycles. The number of fused-ring (bicyclic) bond motifs is 1. The summed E-state index contributed by atoms with van der Waals surface area (Å²) < 4.78 is 6.40. The van der Waals surface area contributed by atoms with Crippen LogP contribution >= 0.6 is 22.6 Å². The van der Waals surface area contributed by atoms with E-state index in [1.165, 1.54) is 5.56 Å². The Hall–Kier alpha value is -1.56. The van der Waals surface area contributed by atoms with Crippen LogP contribution in [-0.2, 0) is 6.42 Å². The van der Waals surface area contributed by atoms with Gasteiger partial charge >= 0.3 is 0 Å². The molecule has 0 bridgehead atoms. The normalized spacial score (nSPS) is 13.7. The molecule has 0 aromatic heterocycles. The molecule has 0 N–H and O–H groups in total. The lowest BCUT2D eigenvalue weighted by Gasteiger charge is -2.30. The van der Waals surface area contributed by atoms with Gasteiger partial charge in [-0.3, -0.25) is 4.79 Å². The Labute approximate surface area is 138 Å². The Kier molecular flexibility index (Phi) is 4.14. The third-order valence-corrected chi connectivity index (χ3v) is 4.46. The van der Waals surface area contributed by atoms with E-state index < -0.39 is 0 Å². The molecular weight excluding hydrogens is 377 g/mol. The van der Waals surface area contributed by atoms with Crippen LogP contribution in [-0.4, -0.2) is 19.6 Å². The zero-order valence-corrected chi connectivity index (χ0v) is 14.0. The number of aryl methyl sites for hydroxylation is 1. The van der Waals surface area contributed by atoms with Crippen LogP contribution in [0.4, 0.5) is 5.69 Å². The topological polar surface area (TPSA) is 29.5 Å². The first-order chi connectivity index (χ1) is 10.2. The lowest BCUT2D eigenvalue weighted by atomic mass is 10.0. The van der Waals surface area contributed by atoms with Gasteiger partial charge in [-0.15, -0.1) is 0 Å². The molecule has 0 spiro atoms. The maximum Gasteiger partial charge on any atom is 0.258 e. The van der Waals surface area contributed by atoms with Crippen molar-refractivity contribution in [2.45, 2.75) is 12.8 Å². The minimum atomic E-state index is 0.0671. The van der Waals surface area contributed by atoms with Gasteiger partial charge in [0.25, 0.3) is 5.91 Å². The van der Waals surface area contributed by atoms with E-state index in [1.54, 1.807) is 7.11 Å². The summed E-state index contributed by atoms with van der Waals surface area (Å²) in [5.74, 6) is 0.912. The molecule has 2 aromatic carbocycles. The molecule has 0 aliphatic carbocycles. The van der Waals surface area contributed by atoms with Gasteiger partial charge in [0.15, 0.2) is 0 Å². The van der Waals surface area contributed by atoms with E-state index in [9.17, 15) is 4.79 Å². The average molecular weight is 393 g/mol. The summed E-state index contributed by atoms with van der Waals surface area (Å²) in [5, 5.41) is 0. The lowest BCUT2D eigenvalue weighted by Crippen LogP contribution is -2.35. The summed E-state index contributed by atoms with van der Waals surface area (Å²) in [6.45, 7) is 0.768. The molecule has 0 radical (unpaired) electrons. The smallest absolute Gasteiger partial charge is 0.258 e. The highest BCUT2D eigenvalue weighted by Crippen LogP contribution is 2.31. The standard InChI is InChI=1S/C17H16INO2/c1-21-15-8-9-16-13(11-15)3-2-10-19(16)17(20)12-4-6-14(18)7-5-12/h4-9,11H,2-3,10H2,1H3. The summed E-state index contributed by atoms with van der Waals surface area (Å²) in [4.78, 5) is 14.6. The van der Waals surface area contributed by atoms with Crippen molar-refractivity contribution in [3.05, 3.63) is 57.2 Å². The van der Waals surface area contributed by atoms with Gasteiger partial charge in [-0.05, 0) is 83.5 Å². The number of hydrogen-bond acceptors (Lipinski definition) is 2. The number of anilines is 1. The summed E-state index contributed by atoms with van der Waals surface area (Å²) in [5.41, 5.74) is 2.92. The van der Waals surface area contributed by atoms with Crippen molar-refractivity contribution in [3.63, 3.8) is 0 Å². The van der Waals surface area contributed by atoms with E-state index in [2.05, 4.69) is 22.6 Å². The molecule has 0 atom stereocenters. The molecule has 1 heterocycles. The van der Waals surface area contributed by atoms with Crippen LogP contribution < -0.4 is 9.64 Å². The van der Waals surface area contributed by atoms with Crippen molar-refractivity contribution in [1.82, 2.24) is 0 Å². The highest BCUT2D eigenvalue weighted by Gasteiger charge is 2.23. The third kappa shape index (κ3) is 2.90. The summed E-state index contributed by atoms with van der Waals surface area (Å²) in [7, 11) is 1.67. The van der Waals surface area contributed by atoms with Crippen molar-refractivity contribution in [2.24, 2.45) is 0 Å². The molecule has 21 heavy (non-hydrogen) atoms. The minimum absolute atomic E-state index is 0.0671. The predicted octanol–water partition coefficient (Wildman–Crippen LogP) is 3.89. The first kappa shape index (κ1) is 14.4. The van der Waals surface area contributed by atoms with Crippen molar-refractivity contribution in [2.75, 3.05) is 18.6 Å². The number of hydrogen-bond donors (Lipinski definition) is 0. The molecule has 108 valence electrons. The second-order valence-electron chi connectivity index (χ2n) is 5.06. The number of carbonyl (C=O) groups is 1. The Morgan fingerprint density at radius 2 is 1.95 bits per heavy atom. The predicted molar refractivity (Wildman–Crippen MR) is 92.2 cm³/mol. The SMILES string of the molecule is COc1ccc2c(c1)CCCN2C(=O)c1ccc(I)cc1. The zero-order valence-electron chi connectivity index (χ0n) is 11.8. The van der Waals surface area contributed by atoms with Gasteiger partial charge in [-0.2, -0.15) is 0 Å². The van der Waals surface area contributed by atoms with Gasteiger partial charge in [-0.1, -0.05) is 0 Å². The fourth-order valence-electron chi connectivity index (χ4n) is 2.66. The van der Waals surface area contributed by atoms with E-state index in [-0.39, 0.29) is 5.91 Å². The van der Waals surface area contributed by atoms with Crippen LogP contribution in [0.2, 0.25) is 0 Å². The molecule has 0 saturated carbocycles. The molecule has 2 aromatic rings. The van der Waals surface area contributed by atoms with Crippen molar-refractivity contribution in [1.29, 1.82) is 0 Å². The first-order valence-electron chi connectivity index (χ1n) is 6.93. The summed E-state index contributed by atoms with van der Waals surface area (Å²) in [6, 6.07) is 13.6. The number of ether oxygens (including phenoxy) is 1. The first-order valence-corrected chi connectivity index (χ1v) is 8.01. The van der Waals surface area contributed by atoms with Crippen LogP contribution in [0.5, 0.6) is 5.75 Å². The maximum atomic E-state index is 12.7. The second-order valence-corrected chi connectivity index (χ2v) is 6.31. The Balaban J connectivity index is 1.94. The summed E-state index contributed by atoms with van der Waals surface area (Å²) >= 11 is 2.24. The van der Waals surface area contributed by atoms with Gasteiger partial charge < -0.3 is 9.64 Å². The number of methoxy groups -OCH3 is 1. The fourth-order valence-corrected chi connectivity index (χ4v) is 3.02. The molecular formula is C17H16INO2. The third-order valence-electron chi connectivity index (χ3n) is 3.74. The van der Waals surface area contributed by atoms with Crippen LogP contribution in [0.1, 0.15) is 22.3 Å². The minimum Gasteiger partial charge on any atom is -0.497 e. The van der Waals surface area contributed by atoms with Gasteiger partial charge in [0.05, 0.1) is 7.11 Å². The Morgan fingerprint density at radius 3 is 2.67 bits per heavy atom. The molecule has 3 nitrogen and oxygen atoms in total. The quantitative estimate of drug-likeness (QED) is 0.725. The lowest BCUT2D eigenvalue weighted by molar-refractivity contribution is 0.0985. The number of halogens is 1. The number of benzene rings is 2. The van der Waals surface area contributed by atoms with Crippen molar-refractivity contribution >= 4 is 34.2 Å². The van der Waals surface area contributed by atoms with Gasteiger partial charge in [-0.25, -0.2) is 0 Å². The summed E-state index contributed by atoms with van der Waals surface area (Å²) in [6.07, 6.45) is 1.97. The van der Waals surface area contributed by atoms with Crippen LogP contribution in [0.3, 0.4) is 0 Å². The second kappa shape index (κ2) is 6.05. The zero-order chi connectivity index (χ0) is 14.8. The monoisotopic (exact) mass is 393 g/mol. The molecule has 3 rings (SSSR count). The van der Waals surface area contributed by atoms with E-state index in [4.69, 9.17) is 4.74 Å². The van der Waals surface area contributed by atoms with Gasteiger partial charge in [0.2, 0.25) is 0 Å². The molecule has 0 saturated heterocycles. The molecule has 1 aliphatic rings. The number of carbonyl (C=O) groups excluding carboxylic acids is 1. The number of nitrogens with zero attached hydrogens (tertiary/aromatic N) is 1. The van der Waals surface area contributed by atoms with Crippen molar-refractivity contribution in [3.8, 4) is 5.75 Å².